The second-order valence-corrected chi connectivity index (χ2v) is 9.57. The van der Waals surface area contributed by atoms with E-state index in [0.717, 1.165) is 13.0 Å². The van der Waals surface area contributed by atoms with E-state index in [1.165, 1.54) is 78.5 Å². The van der Waals surface area contributed by atoms with Crippen molar-refractivity contribution in [2.75, 3.05) is 6.61 Å². The Morgan fingerprint density at radius 3 is 2.69 bits per heavy atom. The first kappa shape index (κ1) is 18.4. The molecule has 158 valence electrons. The van der Waals surface area contributed by atoms with E-state index >= 15 is 0 Å². The molecule has 0 spiro atoms. The van der Waals surface area contributed by atoms with Gasteiger partial charge in [-0.1, -0.05) is 24.3 Å². The normalized spacial score (nSPS) is 17.5. The number of hydrogen-bond donors (Lipinski definition) is 0. The van der Waals surface area contributed by atoms with Gasteiger partial charge in [0.2, 0.25) is 5.52 Å². The van der Waals surface area contributed by atoms with E-state index in [1.54, 1.807) is 0 Å². The van der Waals surface area contributed by atoms with Crippen molar-refractivity contribution in [3.63, 3.8) is 0 Å². The Balaban J connectivity index is 1.75. The molecule has 4 heterocycles. The first-order valence-electron chi connectivity index (χ1n) is 11.8. The molecule has 7 rings (SSSR count). The quantitative estimate of drug-likeness (QED) is 0.165. The van der Waals surface area contributed by atoms with Crippen molar-refractivity contribution in [2.45, 2.75) is 39.2 Å². The van der Waals surface area contributed by atoms with E-state index in [-0.39, 0.29) is 6.10 Å². The monoisotopic (exact) mass is 419 g/mol. The molecule has 1 aliphatic rings. The summed E-state index contributed by atoms with van der Waals surface area (Å²) in [7, 11) is 2.18. The van der Waals surface area contributed by atoms with Crippen molar-refractivity contribution in [3.05, 3.63) is 71.4 Å². The summed E-state index contributed by atoms with van der Waals surface area (Å²) in [6.07, 6.45) is 5.95. The summed E-state index contributed by atoms with van der Waals surface area (Å²) in [5.41, 5.74) is 9.27. The summed E-state index contributed by atoms with van der Waals surface area (Å²) < 4.78 is 11.0. The number of pyridine rings is 2. The highest BCUT2D eigenvalue weighted by molar-refractivity contribution is 6.26. The number of ether oxygens (including phenoxy) is 1. The zero-order chi connectivity index (χ0) is 21.6. The fourth-order valence-corrected chi connectivity index (χ4v) is 6.05. The minimum atomic E-state index is 0.214. The molecule has 0 N–H and O–H groups in total. The van der Waals surface area contributed by atoms with Gasteiger partial charge in [0.25, 0.3) is 0 Å². The molecule has 1 fully saturated rings. The van der Waals surface area contributed by atoms with Gasteiger partial charge in [0.15, 0.2) is 6.20 Å². The number of aromatic nitrogens is 2. The first-order valence-corrected chi connectivity index (χ1v) is 11.8. The van der Waals surface area contributed by atoms with Crippen LogP contribution in [0.3, 0.4) is 0 Å². The molecule has 1 atom stereocenters. The topological polar surface area (TPSA) is 17.5 Å². The smallest absolute Gasteiger partial charge is 0.224 e. The van der Waals surface area contributed by atoms with E-state index in [1.807, 2.05) is 0 Å². The van der Waals surface area contributed by atoms with Crippen LogP contribution in [0.2, 0.25) is 0 Å². The number of nitrogens with zero attached hydrogens (tertiary/aromatic N) is 2. The highest BCUT2D eigenvalue weighted by Crippen LogP contribution is 2.42. The number of rotatable bonds is 1. The average molecular weight is 420 g/mol. The highest BCUT2D eigenvalue weighted by Gasteiger charge is 2.25. The first-order chi connectivity index (χ1) is 15.6. The van der Waals surface area contributed by atoms with Crippen LogP contribution in [0, 0.1) is 13.8 Å². The molecule has 0 aliphatic carbocycles. The van der Waals surface area contributed by atoms with Crippen LogP contribution in [0.25, 0.3) is 49.0 Å². The lowest BCUT2D eigenvalue weighted by Gasteiger charge is -2.23. The Bertz CT molecular complexity index is 1690. The van der Waals surface area contributed by atoms with Crippen molar-refractivity contribution in [2.24, 2.45) is 7.05 Å². The van der Waals surface area contributed by atoms with E-state index in [4.69, 9.17) is 4.74 Å². The summed E-state index contributed by atoms with van der Waals surface area (Å²) >= 11 is 0. The number of aryl methyl sites for hydroxylation is 3. The largest absolute Gasteiger partial charge is 0.374 e. The Morgan fingerprint density at radius 2 is 1.84 bits per heavy atom. The van der Waals surface area contributed by atoms with Crippen LogP contribution < -0.4 is 4.57 Å². The fourth-order valence-electron chi connectivity index (χ4n) is 6.05. The van der Waals surface area contributed by atoms with E-state index in [2.05, 4.69) is 84.6 Å². The molecule has 1 aliphatic heterocycles. The minimum absolute atomic E-state index is 0.214. The minimum Gasteiger partial charge on any atom is -0.374 e. The number of hydrogen-bond acceptors (Lipinski definition) is 1. The fraction of sp³-hybridized carbons (Fsp3) is 0.276. The van der Waals surface area contributed by atoms with Crippen molar-refractivity contribution in [1.82, 2.24) is 4.40 Å². The SMILES string of the molecule is Cc1cc2c3ccc(C4CCCCO4)cc3n3c4cccc5cc[n+](C)c(c(c1C)c23)c54. The Morgan fingerprint density at radius 1 is 0.938 bits per heavy atom. The van der Waals surface area contributed by atoms with Crippen molar-refractivity contribution < 1.29 is 9.30 Å². The molecule has 32 heavy (non-hydrogen) atoms. The molecule has 3 aromatic heterocycles. The lowest BCUT2D eigenvalue weighted by Crippen LogP contribution is -2.29. The maximum absolute atomic E-state index is 6.15. The predicted octanol–water partition coefficient (Wildman–Crippen LogP) is 6.67. The van der Waals surface area contributed by atoms with Gasteiger partial charge in [0.05, 0.1) is 33.4 Å². The molecule has 1 saturated heterocycles. The van der Waals surface area contributed by atoms with Gasteiger partial charge in [-0.15, -0.1) is 0 Å². The van der Waals surface area contributed by atoms with Crippen LogP contribution in [0.1, 0.15) is 42.1 Å². The van der Waals surface area contributed by atoms with Crippen molar-refractivity contribution in [3.8, 4) is 0 Å². The lowest BCUT2D eigenvalue weighted by molar-refractivity contribution is -0.643. The zero-order valence-corrected chi connectivity index (χ0v) is 18.9. The van der Waals surface area contributed by atoms with Crippen molar-refractivity contribution >= 4 is 49.0 Å². The Hall–Kier alpha value is -3.17. The standard InChI is InChI=1S/C29H27N2O/c1-17-15-22-21-11-10-20(25-9-4-5-14-32-25)16-24(21)31-23-8-6-7-19-12-13-30(3)29(27(19)23)26(18(17)2)28(22)31/h6-8,10-13,15-16,25H,4-5,9,14H2,1-3H3/q+1. The third-order valence-electron chi connectivity index (χ3n) is 7.77. The van der Waals surface area contributed by atoms with Crippen LogP contribution in [0.15, 0.2) is 54.7 Å². The van der Waals surface area contributed by atoms with Gasteiger partial charge in [-0.2, -0.15) is 0 Å². The van der Waals surface area contributed by atoms with Crippen LogP contribution in [-0.4, -0.2) is 11.0 Å². The molecule has 6 aromatic rings. The summed E-state index contributed by atoms with van der Waals surface area (Å²) in [5, 5.41) is 6.69. The van der Waals surface area contributed by atoms with E-state index in [0.29, 0.717) is 0 Å². The van der Waals surface area contributed by atoms with Crippen LogP contribution in [-0.2, 0) is 11.8 Å². The van der Waals surface area contributed by atoms with Crippen molar-refractivity contribution in [1.29, 1.82) is 0 Å². The van der Waals surface area contributed by atoms with Gasteiger partial charge < -0.3 is 9.14 Å². The van der Waals surface area contributed by atoms with Gasteiger partial charge in [-0.05, 0) is 73.4 Å². The Kier molecular flexibility index (Phi) is 3.70. The number of benzene rings is 3. The van der Waals surface area contributed by atoms with Gasteiger partial charge in [0, 0.05) is 23.4 Å². The van der Waals surface area contributed by atoms with Crippen LogP contribution >= 0.6 is 0 Å². The van der Waals surface area contributed by atoms with Gasteiger partial charge in [0.1, 0.15) is 7.05 Å². The summed E-state index contributed by atoms with van der Waals surface area (Å²) in [5.74, 6) is 0. The molecule has 3 heteroatoms. The molecule has 0 radical (unpaired) electrons. The van der Waals surface area contributed by atoms with Gasteiger partial charge in [-0.3, -0.25) is 0 Å². The highest BCUT2D eigenvalue weighted by atomic mass is 16.5. The third-order valence-corrected chi connectivity index (χ3v) is 7.77. The number of fused-ring (bicyclic) bond motifs is 5. The predicted molar refractivity (Wildman–Crippen MR) is 132 cm³/mol. The molecule has 3 nitrogen and oxygen atoms in total. The summed E-state index contributed by atoms with van der Waals surface area (Å²) in [6, 6.07) is 18.4. The van der Waals surface area contributed by atoms with E-state index in [9.17, 15) is 0 Å². The average Bonchev–Trinajstić information content (AvgIpc) is 3.14. The third kappa shape index (κ3) is 2.27. The maximum Gasteiger partial charge on any atom is 0.224 e. The Labute approximate surface area is 187 Å². The van der Waals surface area contributed by atoms with E-state index < -0.39 is 0 Å². The molecule has 0 amide bonds. The lowest BCUT2D eigenvalue weighted by atomic mass is 9.96. The maximum atomic E-state index is 6.15. The summed E-state index contributed by atoms with van der Waals surface area (Å²) in [6.45, 7) is 5.40. The second-order valence-electron chi connectivity index (χ2n) is 9.57. The van der Waals surface area contributed by atoms with Gasteiger partial charge >= 0.3 is 0 Å². The van der Waals surface area contributed by atoms with Gasteiger partial charge in [-0.25, -0.2) is 4.57 Å². The molecular formula is C29H27N2O+. The van der Waals surface area contributed by atoms with Crippen LogP contribution in [0.4, 0.5) is 0 Å². The molecule has 0 saturated carbocycles. The molecule has 0 bridgehead atoms. The summed E-state index contributed by atoms with van der Waals surface area (Å²) in [4.78, 5) is 0. The van der Waals surface area contributed by atoms with Crippen LogP contribution in [0.5, 0.6) is 0 Å². The second kappa shape index (κ2) is 6.43. The zero-order valence-electron chi connectivity index (χ0n) is 18.9. The molecular weight excluding hydrogens is 392 g/mol. The molecule has 3 aromatic carbocycles. The molecule has 1 unspecified atom stereocenters.